The molecule has 1 heterocycles. The summed E-state index contributed by atoms with van der Waals surface area (Å²) in [6.07, 6.45) is 5.32. The molecule has 4 atom stereocenters. The fraction of sp³-hybridized carbons (Fsp3) is 0.444. The Balaban J connectivity index is 1.35. The molecular formula is C27H32N4O2S. The van der Waals surface area contributed by atoms with Crippen LogP contribution >= 0.6 is 11.8 Å². The molecule has 178 valence electrons. The summed E-state index contributed by atoms with van der Waals surface area (Å²) in [6, 6.07) is 16.3. The number of aromatic nitrogens is 3. The molecule has 5 rings (SSSR count). The highest BCUT2D eigenvalue weighted by molar-refractivity contribution is 7.99. The van der Waals surface area contributed by atoms with Gasteiger partial charge in [-0.25, -0.2) is 0 Å². The topological polar surface area (TPSA) is 69.0 Å². The predicted molar refractivity (Wildman–Crippen MR) is 135 cm³/mol. The molecule has 34 heavy (non-hydrogen) atoms. The second-order valence-electron chi connectivity index (χ2n) is 9.66. The van der Waals surface area contributed by atoms with E-state index >= 15 is 0 Å². The van der Waals surface area contributed by atoms with Crippen molar-refractivity contribution in [2.24, 2.45) is 17.8 Å². The number of hydrogen-bond acceptors (Lipinski definition) is 5. The van der Waals surface area contributed by atoms with E-state index in [1.807, 2.05) is 28.8 Å². The molecule has 1 N–H and O–H groups in total. The van der Waals surface area contributed by atoms with Gasteiger partial charge in [-0.05, 0) is 75.1 Å². The molecule has 2 saturated carbocycles. The average Bonchev–Trinajstić information content (AvgIpc) is 3.59. The van der Waals surface area contributed by atoms with Gasteiger partial charge >= 0.3 is 0 Å². The highest BCUT2D eigenvalue weighted by Crippen LogP contribution is 2.49. The van der Waals surface area contributed by atoms with Crippen molar-refractivity contribution in [3.05, 3.63) is 54.1 Å². The zero-order chi connectivity index (χ0) is 23.7. The normalized spacial score (nSPS) is 22.0. The molecule has 3 aromatic rings. The van der Waals surface area contributed by atoms with Gasteiger partial charge in [-0.3, -0.25) is 9.36 Å². The number of fused-ring (bicyclic) bond motifs is 2. The maximum Gasteiger partial charge on any atom is 0.230 e. The van der Waals surface area contributed by atoms with Crippen LogP contribution in [-0.4, -0.2) is 39.6 Å². The summed E-state index contributed by atoms with van der Waals surface area (Å²) in [5, 5.41) is 12.9. The van der Waals surface area contributed by atoms with Gasteiger partial charge in [0.15, 0.2) is 11.0 Å². The van der Waals surface area contributed by atoms with Gasteiger partial charge in [0.2, 0.25) is 5.91 Å². The first-order valence-corrected chi connectivity index (χ1v) is 13.1. The molecule has 6 nitrogen and oxygen atoms in total. The summed E-state index contributed by atoms with van der Waals surface area (Å²) in [7, 11) is 1.66. The molecule has 1 amide bonds. The maximum absolute atomic E-state index is 12.9. The molecule has 1 aromatic heterocycles. The van der Waals surface area contributed by atoms with Gasteiger partial charge < -0.3 is 10.1 Å². The number of thioether (sulfide) groups is 1. The van der Waals surface area contributed by atoms with Crippen LogP contribution in [-0.2, 0) is 4.79 Å². The first-order valence-electron chi connectivity index (χ1n) is 12.1. The molecular weight excluding hydrogens is 444 g/mol. The third-order valence-corrected chi connectivity index (χ3v) is 8.36. The molecule has 7 heteroatoms. The van der Waals surface area contributed by atoms with Crippen LogP contribution in [0.2, 0.25) is 0 Å². The third kappa shape index (κ3) is 4.58. The van der Waals surface area contributed by atoms with Crippen molar-refractivity contribution in [1.82, 2.24) is 20.1 Å². The van der Waals surface area contributed by atoms with E-state index in [0.29, 0.717) is 22.7 Å². The Morgan fingerprint density at radius 2 is 1.94 bits per heavy atom. The van der Waals surface area contributed by atoms with E-state index in [-0.39, 0.29) is 11.9 Å². The molecule has 2 bridgehead atoms. The Morgan fingerprint density at radius 1 is 1.15 bits per heavy atom. The van der Waals surface area contributed by atoms with Gasteiger partial charge in [-0.2, -0.15) is 0 Å². The van der Waals surface area contributed by atoms with E-state index < -0.39 is 0 Å². The lowest BCUT2D eigenvalue weighted by Crippen LogP contribution is -2.40. The van der Waals surface area contributed by atoms with Gasteiger partial charge in [0.1, 0.15) is 5.75 Å². The number of nitrogens with zero attached hydrogens (tertiary/aromatic N) is 3. The quantitative estimate of drug-likeness (QED) is 0.448. The van der Waals surface area contributed by atoms with Crippen molar-refractivity contribution in [2.45, 2.75) is 50.7 Å². The minimum absolute atomic E-state index is 0.0533. The van der Waals surface area contributed by atoms with Gasteiger partial charge in [-0.1, -0.05) is 48.0 Å². The first-order chi connectivity index (χ1) is 16.5. The SMILES string of the molecule is COc1ccccc1-c1nnc(SCC(=O)NC(C)C2CC3CCC2C3)n1-c1ccc(C)cc1. The number of aryl methyl sites for hydroxylation is 1. The van der Waals surface area contributed by atoms with Crippen LogP contribution in [0.3, 0.4) is 0 Å². The van der Waals surface area contributed by atoms with E-state index in [2.05, 4.69) is 53.6 Å². The molecule has 2 aliphatic rings. The number of nitrogens with one attached hydrogen (secondary N) is 1. The van der Waals surface area contributed by atoms with Crippen LogP contribution in [0, 0.1) is 24.7 Å². The van der Waals surface area contributed by atoms with Gasteiger partial charge in [0, 0.05) is 11.7 Å². The van der Waals surface area contributed by atoms with E-state index in [1.165, 1.54) is 43.0 Å². The monoisotopic (exact) mass is 476 g/mol. The highest BCUT2D eigenvalue weighted by atomic mass is 32.2. The number of carbonyl (C=O) groups is 1. The molecule has 0 radical (unpaired) electrons. The Morgan fingerprint density at radius 3 is 2.65 bits per heavy atom. The number of benzene rings is 2. The molecule has 2 fully saturated rings. The largest absolute Gasteiger partial charge is 0.496 e. The van der Waals surface area contributed by atoms with E-state index in [9.17, 15) is 4.79 Å². The standard InChI is InChI=1S/C27H32N4O2S/c1-17-8-12-21(13-9-17)31-26(22-6-4-5-7-24(22)33-3)29-30-27(31)34-16-25(32)28-18(2)23-15-19-10-11-20(23)14-19/h4-9,12-13,18-20,23H,10-11,14-16H2,1-3H3,(H,28,32). The van der Waals surface area contributed by atoms with Gasteiger partial charge in [-0.15, -0.1) is 10.2 Å². The minimum atomic E-state index is 0.0533. The summed E-state index contributed by atoms with van der Waals surface area (Å²) in [5.41, 5.74) is 2.99. The average molecular weight is 477 g/mol. The summed E-state index contributed by atoms with van der Waals surface area (Å²) in [6.45, 7) is 4.23. The van der Waals surface area contributed by atoms with Crippen molar-refractivity contribution in [3.8, 4) is 22.8 Å². The lowest BCUT2D eigenvalue weighted by atomic mass is 9.84. The van der Waals surface area contributed by atoms with Crippen LogP contribution in [0.5, 0.6) is 5.75 Å². The Labute approximate surface area is 205 Å². The lowest BCUT2D eigenvalue weighted by Gasteiger charge is -2.28. The number of amides is 1. The van der Waals surface area contributed by atoms with Crippen molar-refractivity contribution in [2.75, 3.05) is 12.9 Å². The minimum Gasteiger partial charge on any atom is -0.496 e. The second kappa shape index (κ2) is 9.82. The van der Waals surface area contributed by atoms with Crippen molar-refractivity contribution in [3.63, 3.8) is 0 Å². The predicted octanol–water partition coefficient (Wildman–Crippen LogP) is 5.28. The Kier molecular flexibility index (Phi) is 6.63. The third-order valence-electron chi connectivity index (χ3n) is 7.43. The number of para-hydroxylation sites is 1. The van der Waals surface area contributed by atoms with Crippen LogP contribution in [0.4, 0.5) is 0 Å². The fourth-order valence-electron chi connectivity index (χ4n) is 5.73. The molecule has 4 unspecified atom stereocenters. The molecule has 0 spiro atoms. The van der Waals surface area contributed by atoms with Crippen LogP contribution in [0.25, 0.3) is 17.1 Å². The number of rotatable bonds is 8. The van der Waals surface area contributed by atoms with Crippen molar-refractivity contribution >= 4 is 17.7 Å². The van der Waals surface area contributed by atoms with Crippen LogP contribution < -0.4 is 10.1 Å². The van der Waals surface area contributed by atoms with Gasteiger partial charge in [0.05, 0.1) is 18.4 Å². The van der Waals surface area contributed by atoms with Crippen LogP contribution in [0.1, 0.15) is 38.2 Å². The van der Waals surface area contributed by atoms with E-state index in [1.54, 1.807) is 7.11 Å². The smallest absolute Gasteiger partial charge is 0.230 e. The lowest BCUT2D eigenvalue weighted by molar-refractivity contribution is -0.119. The summed E-state index contributed by atoms with van der Waals surface area (Å²) in [5.74, 6) is 4.09. The van der Waals surface area contributed by atoms with E-state index in [4.69, 9.17) is 4.74 Å². The zero-order valence-electron chi connectivity index (χ0n) is 20.0. The fourth-order valence-corrected chi connectivity index (χ4v) is 6.50. The molecule has 0 aliphatic heterocycles. The van der Waals surface area contributed by atoms with Gasteiger partial charge in [0.25, 0.3) is 0 Å². The molecule has 2 aliphatic carbocycles. The Bertz CT molecular complexity index is 1160. The number of hydrogen-bond donors (Lipinski definition) is 1. The van der Waals surface area contributed by atoms with E-state index in [0.717, 1.165) is 28.8 Å². The summed E-state index contributed by atoms with van der Waals surface area (Å²) < 4.78 is 7.59. The molecule has 0 saturated heterocycles. The second-order valence-corrected chi connectivity index (χ2v) is 10.6. The number of ether oxygens (including phenoxy) is 1. The Hall–Kier alpha value is -2.80. The summed E-state index contributed by atoms with van der Waals surface area (Å²) >= 11 is 1.42. The highest BCUT2D eigenvalue weighted by Gasteiger charge is 2.42. The van der Waals surface area contributed by atoms with Crippen LogP contribution in [0.15, 0.2) is 53.7 Å². The molecule has 2 aromatic carbocycles. The first kappa shape index (κ1) is 23.0. The van der Waals surface area contributed by atoms with Crippen molar-refractivity contribution < 1.29 is 9.53 Å². The number of methoxy groups -OCH3 is 1. The maximum atomic E-state index is 12.9. The summed E-state index contributed by atoms with van der Waals surface area (Å²) in [4.78, 5) is 12.9. The van der Waals surface area contributed by atoms with Crippen molar-refractivity contribution in [1.29, 1.82) is 0 Å². The number of carbonyl (C=O) groups excluding carboxylic acids is 1. The zero-order valence-corrected chi connectivity index (χ0v) is 20.8.